The molecule has 0 aromatic heterocycles. The number of carboxylic acids is 1. The van der Waals surface area contributed by atoms with Gasteiger partial charge in [0.1, 0.15) is 0 Å². The van der Waals surface area contributed by atoms with E-state index in [1.807, 2.05) is 18.2 Å². The van der Waals surface area contributed by atoms with Crippen LogP contribution < -0.4 is 0 Å². The second kappa shape index (κ2) is 3.86. The Bertz CT molecular complexity index is 448. The van der Waals surface area contributed by atoms with Crippen LogP contribution in [0.25, 0.3) is 0 Å². The zero-order valence-electron chi connectivity index (χ0n) is 9.98. The molecule has 2 aliphatic rings. The molecule has 1 unspecified atom stereocenters. The summed E-state index contributed by atoms with van der Waals surface area (Å²) in [6, 6.07) is 8.16. The van der Waals surface area contributed by atoms with E-state index in [9.17, 15) is 9.90 Å². The number of carboxylic acid groups (broad SMARTS) is 1. The van der Waals surface area contributed by atoms with Gasteiger partial charge in [0.05, 0.1) is 5.41 Å². The maximum Gasteiger partial charge on any atom is 0.314 e. The molecule has 1 saturated carbocycles. The van der Waals surface area contributed by atoms with Crippen LogP contribution in [0.3, 0.4) is 0 Å². The monoisotopic (exact) mass is 230 g/mol. The summed E-state index contributed by atoms with van der Waals surface area (Å²) in [5.41, 5.74) is 1.78. The summed E-state index contributed by atoms with van der Waals surface area (Å²) < 4.78 is 0. The topological polar surface area (TPSA) is 37.3 Å². The third-order valence-corrected chi connectivity index (χ3v) is 4.70. The molecule has 3 rings (SSSR count). The molecule has 0 aliphatic heterocycles. The summed E-state index contributed by atoms with van der Waals surface area (Å²) in [5, 5.41) is 9.77. The molecule has 17 heavy (non-hydrogen) atoms. The van der Waals surface area contributed by atoms with Gasteiger partial charge in [0.2, 0.25) is 0 Å². The minimum atomic E-state index is -0.602. The van der Waals surface area contributed by atoms with Gasteiger partial charge in [-0.25, -0.2) is 0 Å². The van der Waals surface area contributed by atoms with Crippen LogP contribution in [0.1, 0.15) is 43.2 Å². The number of aryl methyl sites for hydroxylation is 1. The zero-order valence-corrected chi connectivity index (χ0v) is 9.98. The highest BCUT2D eigenvalue weighted by Crippen LogP contribution is 2.50. The first-order chi connectivity index (χ1) is 8.25. The van der Waals surface area contributed by atoms with E-state index >= 15 is 0 Å². The summed E-state index contributed by atoms with van der Waals surface area (Å²) in [5.74, 6) is -0.240. The van der Waals surface area contributed by atoms with Crippen LogP contribution in [0.4, 0.5) is 0 Å². The summed E-state index contributed by atoms with van der Waals surface area (Å²) in [7, 11) is 0. The lowest BCUT2D eigenvalue weighted by Crippen LogP contribution is -2.48. The highest BCUT2D eigenvalue weighted by atomic mass is 16.4. The Morgan fingerprint density at radius 1 is 1.24 bits per heavy atom. The van der Waals surface area contributed by atoms with E-state index in [2.05, 4.69) is 6.07 Å². The van der Waals surface area contributed by atoms with Crippen molar-refractivity contribution in [1.29, 1.82) is 0 Å². The number of hydrogen-bond acceptors (Lipinski definition) is 1. The molecule has 0 spiro atoms. The maximum absolute atomic E-state index is 11.9. The van der Waals surface area contributed by atoms with Crippen molar-refractivity contribution in [2.75, 3.05) is 0 Å². The average molecular weight is 230 g/mol. The second-order valence-electron chi connectivity index (χ2n) is 5.42. The van der Waals surface area contributed by atoms with Gasteiger partial charge in [-0.05, 0) is 49.1 Å². The molecule has 2 aliphatic carbocycles. The summed E-state index contributed by atoms with van der Waals surface area (Å²) >= 11 is 0. The molecule has 0 heterocycles. The zero-order chi connectivity index (χ0) is 11.9. The minimum absolute atomic E-state index is 0.362. The van der Waals surface area contributed by atoms with Crippen LogP contribution in [-0.2, 0) is 16.6 Å². The van der Waals surface area contributed by atoms with Crippen LogP contribution >= 0.6 is 0 Å². The Hall–Kier alpha value is -1.31. The molecule has 1 N–H and O–H groups in total. The molecule has 1 fully saturated rings. The van der Waals surface area contributed by atoms with E-state index in [0.717, 1.165) is 37.7 Å². The van der Waals surface area contributed by atoms with Gasteiger partial charge in [0, 0.05) is 0 Å². The van der Waals surface area contributed by atoms with Gasteiger partial charge in [-0.1, -0.05) is 30.7 Å². The van der Waals surface area contributed by atoms with Crippen molar-refractivity contribution < 1.29 is 9.90 Å². The summed E-state index contributed by atoms with van der Waals surface area (Å²) in [6.45, 7) is 0. The van der Waals surface area contributed by atoms with Crippen molar-refractivity contribution >= 4 is 5.97 Å². The van der Waals surface area contributed by atoms with Gasteiger partial charge < -0.3 is 5.11 Å². The Balaban J connectivity index is 2.14. The summed E-state index contributed by atoms with van der Waals surface area (Å²) in [6.07, 6.45) is 6.24. The SMILES string of the molecule is O=C(O)C1(C2CCC2)CCCc2ccccc21. The quantitative estimate of drug-likeness (QED) is 0.847. The Labute approximate surface area is 102 Å². The molecule has 1 aromatic rings. The Kier molecular flexibility index (Phi) is 2.46. The third kappa shape index (κ3) is 1.43. The molecule has 0 bridgehead atoms. The Morgan fingerprint density at radius 2 is 2.00 bits per heavy atom. The lowest BCUT2D eigenvalue weighted by atomic mass is 9.57. The van der Waals surface area contributed by atoms with Crippen LogP contribution in [0.5, 0.6) is 0 Å². The van der Waals surface area contributed by atoms with E-state index in [1.54, 1.807) is 0 Å². The molecule has 0 radical (unpaired) electrons. The van der Waals surface area contributed by atoms with Crippen LogP contribution in [-0.4, -0.2) is 11.1 Å². The average Bonchev–Trinajstić information content (AvgIpc) is 2.27. The fourth-order valence-electron chi connectivity index (χ4n) is 3.59. The van der Waals surface area contributed by atoms with Crippen LogP contribution in [0, 0.1) is 5.92 Å². The predicted octanol–water partition coefficient (Wildman–Crippen LogP) is 3.15. The standard InChI is InChI=1S/C15H18O2/c16-14(17)15(12-7-3-8-12)10-4-6-11-5-1-2-9-13(11)15/h1-2,5,9,12H,3-4,6-8,10H2,(H,16,17). The van der Waals surface area contributed by atoms with Gasteiger partial charge in [-0.15, -0.1) is 0 Å². The lowest BCUT2D eigenvalue weighted by molar-refractivity contribution is -0.148. The van der Waals surface area contributed by atoms with Gasteiger partial charge in [-0.3, -0.25) is 4.79 Å². The van der Waals surface area contributed by atoms with Crippen molar-refractivity contribution in [2.45, 2.75) is 43.9 Å². The normalized spacial score (nSPS) is 28.2. The number of benzene rings is 1. The van der Waals surface area contributed by atoms with E-state index < -0.39 is 11.4 Å². The highest BCUT2D eigenvalue weighted by molar-refractivity contribution is 5.83. The first kappa shape index (κ1) is 10.8. The number of carbonyl (C=O) groups is 1. The maximum atomic E-state index is 11.9. The van der Waals surface area contributed by atoms with Crippen molar-refractivity contribution in [3.63, 3.8) is 0 Å². The van der Waals surface area contributed by atoms with Gasteiger partial charge >= 0.3 is 5.97 Å². The Morgan fingerprint density at radius 3 is 2.65 bits per heavy atom. The van der Waals surface area contributed by atoms with E-state index in [1.165, 1.54) is 12.0 Å². The van der Waals surface area contributed by atoms with E-state index in [-0.39, 0.29) is 0 Å². The minimum Gasteiger partial charge on any atom is -0.481 e. The first-order valence-electron chi connectivity index (χ1n) is 6.57. The molecular weight excluding hydrogens is 212 g/mol. The van der Waals surface area contributed by atoms with E-state index in [4.69, 9.17) is 0 Å². The van der Waals surface area contributed by atoms with E-state index in [0.29, 0.717) is 5.92 Å². The molecule has 1 atom stereocenters. The van der Waals surface area contributed by atoms with Crippen molar-refractivity contribution in [1.82, 2.24) is 0 Å². The number of rotatable bonds is 2. The van der Waals surface area contributed by atoms with Crippen molar-refractivity contribution in [3.8, 4) is 0 Å². The summed E-state index contributed by atoms with van der Waals surface area (Å²) in [4.78, 5) is 11.9. The molecule has 0 amide bonds. The van der Waals surface area contributed by atoms with Crippen molar-refractivity contribution in [2.24, 2.45) is 5.92 Å². The van der Waals surface area contributed by atoms with Crippen LogP contribution in [0.15, 0.2) is 24.3 Å². The predicted molar refractivity (Wildman–Crippen MR) is 66.0 cm³/mol. The third-order valence-electron chi connectivity index (χ3n) is 4.70. The smallest absolute Gasteiger partial charge is 0.314 e. The first-order valence-corrected chi connectivity index (χ1v) is 6.57. The number of aliphatic carboxylic acids is 1. The van der Waals surface area contributed by atoms with Gasteiger partial charge in [0.15, 0.2) is 0 Å². The van der Waals surface area contributed by atoms with Gasteiger partial charge in [-0.2, -0.15) is 0 Å². The lowest BCUT2D eigenvalue weighted by Gasteiger charge is -2.45. The van der Waals surface area contributed by atoms with Crippen molar-refractivity contribution in [3.05, 3.63) is 35.4 Å². The highest BCUT2D eigenvalue weighted by Gasteiger charge is 2.51. The largest absolute Gasteiger partial charge is 0.481 e. The molecular formula is C15H18O2. The molecule has 2 nitrogen and oxygen atoms in total. The molecule has 90 valence electrons. The molecule has 1 aromatic carbocycles. The molecule has 2 heteroatoms. The fourth-order valence-corrected chi connectivity index (χ4v) is 3.59. The second-order valence-corrected chi connectivity index (χ2v) is 5.42. The fraction of sp³-hybridized carbons (Fsp3) is 0.533. The number of fused-ring (bicyclic) bond motifs is 1. The molecule has 0 saturated heterocycles. The van der Waals surface area contributed by atoms with Crippen LogP contribution in [0.2, 0.25) is 0 Å². The number of hydrogen-bond donors (Lipinski definition) is 1. The van der Waals surface area contributed by atoms with Gasteiger partial charge in [0.25, 0.3) is 0 Å².